The zero-order valence-corrected chi connectivity index (χ0v) is 18.8. The Morgan fingerprint density at radius 1 is 1.00 bits per heavy atom. The first-order valence-electron chi connectivity index (χ1n) is 11.8. The smallest absolute Gasteiger partial charge is 0.231 e. The molecule has 1 unspecified atom stereocenters. The zero-order valence-electron chi connectivity index (χ0n) is 18.8. The number of hydrogen-bond acceptors (Lipinski definition) is 5. The van der Waals surface area contributed by atoms with Crippen molar-refractivity contribution in [3.63, 3.8) is 0 Å². The number of pyridine rings is 1. The fraction of sp³-hybridized carbons (Fsp3) is 0.480. The van der Waals surface area contributed by atoms with Crippen LogP contribution in [0.15, 0.2) is 48.5 Å². The van der Waals surface area contributed by atoms with Crippen LogP contribution >= 0.6 is 0 Å². The highest BCUT2D eigenvalue weighted by atomic mass is 16.2. The minimum Gasteiger partial charge on any atom is -0.353 e. The maximum atomic E-state index is 13.1. The monoisotopic (exact) mass is 432 g/mol. The summed E-state index contributed by atoms with van der Waals surface area (Å²) in [4.78, 5) is 17.8. The van der Waals surface area contributed by atoms with Gasteiger partial charge < -0.3 is 10.2 Å². The van der Waals surface area contributed by atoms with E-state index >= 15 is 0 Å². The molecule has 0 aliphatic carbocycles. The van der Waals surface area contributed by atoms with Crippen LogP contribution in [-0.4, -0.2) is 57.6 Å². The maximum Gasteiger partial charge on any atom is 0.231 e. The SMILES string of the molecule is Cc1cccc2nnc(N3CCCC(C(=O)NC4CCN(Cc5ccccc5)CC4)C3)n12. The second-order valence-corrected chi connectivity index (χ2v) is 9.19. The third-order valence-corrected chi connectivity index (χ3v) is 6.86. The van der Waals surface area contributed by atoms with Gasteiger partial charge in [0.05, 0.1) is 5.92 Å². The predicted molar refractivity (Wildman–Crippen MR) is 126 cm³/mol. The number of likely N-dealkylation sites (tertiary alicyclic amines) is 1. The summed E-state index contributed by atoms with van der Waals surface area (Å²) in [6.45, 7) is 6.73. The van der Waals surface area contributed by atoms with Crippen molar-refractivity contribution >= 4 is 17.5 Å². The van der Waals surface area contributed by atoms with Crippen LogP contribution in [0.1, 0.15) is 36.9 Å². The van der Waals surface area contributed by atoms with Crippen LogP contribution in [-0.2, 0) is 11.3 Å². The van der Waals surface area contributed by atoms with E-state index in [1.165, 1.54) is 5.56 Å². The van der Waals surface area contributed by atoms with Gasteiger partial charge in [0, 0.05) is 44.5 Å². The molecule has 1 aromatic carbocycles. The van der Waals surface area contributed by atoms with Crippen LogP contribution in [0.25, 0.3) is 5.65 Å². The van der Waals surface area contributed by atoms with Crippen molar-refractivity contribution in [1.82, 2.24) is 24.8 Å². The van der Waals surface area contributed by atoms with Crippen LogP contribution in [0.4, 0.5) is 5.95 Å². The average Bonchev–Trinajstić information content (AvgIpc) is 3.27. The van der Waals surface area contributed by atoms with Gasteiger partial charge in [-0.25, -0.2) is 0 Å². The fourth-order valence-electron chi connectivity index (χ4n) is 5.06. The van der Waals surface area contributed by atoms with Crippen molar-refractivity contribution in [1.29, 1.82) is 0 Å². The number of rotatable bonds is 5. The number of benzene rings is 1. The first kappa shape index (κ1) is 20.9. The van der Waals surface area contributed by atoms with Gasteiger partial charge in [-0.05, 0) is 50.3 Å². The third kappa shape index (κ3) is 4.48. The summed E-state index contributed by atoms with van der Waals surface area (Å²) >= 11 is 0. The number of fused-ring (bicyclic) bond motifs is 1. The van der Waals surface area contributed by atoms with E-state index in [1.54, 1.807) is 0 Å². The summed E-state index contributed by atoms with van der Waals surface area (Å²) in [6, 6.07) is 16.9. The quantitative estimate of drug-likeness (QED) is 0.671. The Bertz CT molecular complexity index is 1060. The van der Waals surface area contributed by atoms with Gasteiger partial charge in [-0.15, -0.1) is 10.2 Å². The second kappa shape index (κ2) is 9.28. The van der Waals surface area contributed by atoms with Crippen molar-refractivity contribution in [2.24, 2.45) is 5.92 Å². The van der Waals surface area contributed by atoms with E-state index in [9.17, 15) is 4.79 Å². The molecule has 168 valence electrons. The molecule has 0 spiro atoms. The number of carbonyl (C=O) groups is 1. The Morgan fingerprint density at radius 2 is 1.81 bits per heavy atom. The summed E-state index contributed by atoms with van der Waals surface area (Å²) in [5, 5.41) is 12.1. The number of nitrogens with zero attached hydrogens (tertiary/aromatic N) is 5. The molecule has 0 radical (unpaired) electrons. The Balaban J connectivity index is 1.16. The fourth-order valence-corrected chi connectivity index (χ4v) is 5.06. The van der Waals surface area contributed by atoms with E-state index in [4.69, 9.17) is 0 Å². The van der Waals surface area contributed by atoms with Gasteiger partial charge in [0.25, 0.3) is 0 Å². The molecule has 7 heteroatoms. The molecular weight excluding hydrogens is 400 g/mol. The summed E-state index contributed by atoms with van der Waals surface area (Å²) in [6.07, 6.45) is 3.96. The average molecular weight is 433 g/mol. The Morgan fingerprint density at radius 3 is 2.62 bits per heavy atom. The molecule has 0 bridgehead atoms. The van der Waals surface area contributed by atoms with Crippen LogP contribution in [0.3, 0.4) is 0 Å². The molecule has 7 nitrogen and oxygen atoms in total. The Hall–Kier alpha value is -2.93. The Kier molecular flexibility index (Phi) is 6.08. The lowest BCUT2D eigenvalue weighted by atomic mass is 9.96. The highest BCUT2D eigenvalue weighted by Crippen LogP contribution is 2.24. The van der Waals surface area contributed by atoms with Gasteiger partial charge in [0.2, 0.25) is 11.9 Å². The first-order chi connectivity index (χ1) is 15.7. The summed E-state index contributed by atoms with van der Waals surface area (Å²) in [5.74, 6) is 1.05. The lowest BCUT2D eigenvalue weighted by Crippen LogP contribution is -2.49. The molecule has 1 amide bonds. The first-order valence-corrected chi connectivity index (χ1v) is 11.8. The lowest BCUT2D eigenvalue weighted by molar-refractivity contribution is -0.126. The van der Waals surface area contributed by atoms with E-state index in [1.807, 2.05) is 12.1 Å². The normalized spacial score (nSPS) is 20.5. The molecule has 1 atom stereocenters. The molecule has 0 saturated carbocycles. The highest BCUT2D eigenvalue weighted by Gasteiger charge is 2.30. The summed E-state index contributed by atoms with van der Waals surface area (Å²) < 4.78 is 2.09. The number of aromatic nitrogens is 3. The van der Waals surface area contributed by atoms with E-state index in [0.29, 0.717) is 6.54 Å². The van der Waals surface area contributed by atoms with E-state index in [2.05, 4.69) is 73.0 Å². The molecule has 2 aliphatic rings. The standard InChI is InChI=1S/C25H32N6O/c1-19-7-5-11-23-27-28-25(31(19)23)30-14-6-10-21(18-30)24(32)26-22-12-15-29(16-13-22)17-20-8-3-2-4-9-20/h2-5,7-9,11,21-22H,6,10,12-18H2,1H3,(H,26,32). The molecule has 32 heavy (non-hydrogen) atoms. The number of hydrogen-bond donors (Lipinski definition) is 1. The number of piperidine rings is 2. The topological polar surface area (TPSA) is 65.8 Å². The van der Waals surface area contributed by atoms with E-state index in [0.717, 1.165) is 69.2 Å². The van der Waals surface area contributed by atoms with Gasteiger partial charge >= 0.3 is 0 Å². The molecule has 5 rings (SSSR count). The van der Waals surface area contributed by atoms with Crippen molar-refractivity contribution in [2.45, 2.75) is 45.2 Å². The van der Waals surface area contributed by atoms with Crippen molar-refractivity contribution in [3.05, 3.63) is 59.8 Å². The second-order valence-electron chi connectivity index (χ2n) is 9.19. The number of carbonyl (C=O) groups excluding carboxylic acids is 1. The molecule has 4 heterocycles. The molecule has 2 aromatic heterocycles. The van der Waals surface area contributed by atoms with Crippen molar-refractivity contribution in [2.75, 3.05) is 31.1 Å². The third-order valence-electron chi connectivity index (χ3n) is 6.86. The number of nitrogens with one attached hydrogen (secondary N) is 1. The maximum absolute atomic E-state index is 13.1. The minimum absolute atomic E-state index is 0.00228. The van der Waals surface area contributed by atoms with Crippen LogP contribution in [0, 0.1) is 12.8 Å². The number of aryl methyl sites for hydroxylation is 1. The van der Waals surface area contributed by atoms with Gasteiger partial charge in [-0.3, -0.25) is 14.1 Å². The molecule has 2 fully saturated rings. The van der Waals surface area contributed by atoms with Gasteiger partial charge in [0.15, 0.2) is 5.65 Å². The van der Waals surface area contributed by atoms with Crippen LogP contribution in [0.2, 0.25) is 0 Å². The predicted octanol–water partition coefficient (Wildman–Crippen LogP) is 3.03. The van der Waals surface area contributed by atoms with Gasteiger partial charge in [-0.1, -0.05) is 36.4 Å². The summed E-state index contributed by atoms with van der Waals surface area (Å²) in [7, 11) is 0. The molecule has 1 N–H and O–H groups in total. The van der Waals surface area contributed by atoms with Gasteiger partial charge in [-0.2, -0.15) is 0 Å². The Labute approximate surface area is 189 Å². The van der Waals surface area contributed by atoms with E-state index in [-0.39, 0.29) is 17.9 Å². The van der Waals surface area contributed by atoms with Gasteiger partial charge in [0.1, 0.15) is 0 Å². The zero-order chi connectivity index (χ0) is 21.9. The molecular formula is C25H32N6O. The number of anilines is 1. The van der Waals surface area contributed by atoms with Crippen molar-refractivity contribution < 1.29 is 4.79 Å². The number of amides is 1. The van der Waals surface area contributed by atoms with E-state index < -0.39 is 0 Å². The molecule has 2 saturated heterocycles. The lowest BCUT2D eigenvalue weighted by Gasteiger charge is -2.35. The van der Waals surface area contributed by atoms with Crippen LogP contribution in [0.5, 0.6) is 0 Å². The van der Waals surface area contributed by atoms with Crippen LogP contribution < -0.4 is 10.2 Å². The largest absolute Gasteiger partial charge is 0.353 e. The van der Waals surface area contributed by atoms with Crippen molar-refractivity contribution in [3.8, 4) is 0 Å². The minimum atomic E-state index is 0.00228. The molecule has 2 aliphatic heterocycles. The highest BCUT2D eigenvalue weighted by molar-refractivity contribution is 5.79. The molecule has 3 aromatic rings. The summed E-state index contributed by atoms with van der Waals surface area (Å²) in [5.41, 5.74) is 3.32.